The largest absolute Gasteiger partial charge is 0.422 e. The first-order valence-corrected chi connectivity index (χ1v) is 9.93. The molecule has 1 aliphatic rings. The molecular formula is C20H17NO5S. The van der Waals surface area contributed by atoms with Gasteiger partial charge in [0.1, 0.15) is 5.58 Å². The van der Waals surface area contributed by atoms with Crippen LogP contribution in [0.3, 0.4) is 0 Å². The molecule has 6 nitrogen and oxygen atoms in total. The van der Waals surface area contributed by atoms with E-state index in [1.165, 1.54) is 13.0 Å². The molecule has 0 N–H and O–H groups in total. The van der Waals surface area contributed by atoms with E-state index < -0.39 is 20.8 Å². The fraction of sp³-hybridized carbons (Fsp3) is 0.300. The second-order valence-electron chi connectivity index (χ2n) is 6.00. The van der Waals surface area contributed by atoms with Crippen molar-refractivity contribution in [3.05, 3.63) is 61.8 Å². The molecule has 0 spiro atoms. The summed E-state index contributed by atoms with van der Waals surface area (Å²) in [5.41, 5.74) is 1.53. The lowest BCUT2D eigenvalue weighted by Gasteiger charge is -2.09. The van der Waals surface area contributed by atoms with E-state index in [1.54, 1.807) is 6.07 Å². The summed E-state index contributed by atoms with van der Waals surface area (Å²) in [6, 6.07) is 5.17. The molecule has 0 amide bonds. The van der Waals surface area contributed by atoms with Gasteiger partial charge in [-0.1, -0.05) is 11.8 Å². The first-order valence-electron chi connectivity index (χ1n) is 8.53. The summed E-state index contributed by atoms with van der Waals surface area (Å²) in [5.74, 6) is 6.21. The Hall–Kier alpha value is -2.87. The van der Waals surface area contributed by atoms with Crippen LogP contribution < -0.4 is 5.63 Å². The maximum Gasteiger partial charge on any atom is 0.342 e. The van der Waals surface area contributed by atoms with Gasteiger partial charge in [0.2, 0.25) is 0 Å². The zero-order valence-electron chi connectivity index (χ0n) is 14.7. The van der Waals surface area contributed by atoms with Crippen molar-refractivity contribution >= 4 is 27.2 Å². The van der Waals surface area contributed by atoms with Crippen LogP contribution in [0, 0.1) is 18.4 Å². The van der Waals surface area contributed by atoms with Crippen LogP contribution in [0.4, 0.5) is 0 Å². The summed E-state index contributed by atoms with van der Waals surface area (Å²) >= 11 is 0. The van der Waals surface area contributed by atoms with E-state index in [4.69, 9.17) is 11.0 Å². The highest BCUT2D eigenvalue weighted by Gasteiger charge is 2.20. The predicted octanol–water partition coefficient (Wildman–Crippen LogP) is 3.45. The van der Waals surface area contributed by atoms with Crippen molar-refractivity contribution in [1.82, 2.24) is 0 Å². The lowest BCUT2D eigenvalue weighted by atomic mass is 9.97. The first kappa shape index (κ1) is 18.9. The maximum atomic E-state index is 12.3. The number of benzene rings is 1. The van der Waals surface area contributed by atoms with Crippen LogP contribution in [0.15, 0.2) is 32.4 Å². The van der Waals surface area contributed by atoms with Gasteiger partial charge < -0.3 is 4.42 Å². The van der Waals surface area contributed by atoms with Gasteiger partial charge in [-0.3, -0.25) is 4.18 Å². The van der Waals surface area contributed by atoms with Crippen LogP contribution in [0.2, 0.25) is 0 Å². The minimum Gasteiger partial charge on any atom is -0.422 e. The zero-order chi connectivity index (χ0) is 19.4. The number of rotatable bonds is 4. The third-order valence-corrected chi connectivity index (χ3v) is 5.39. The first-order chi connectivity index (χ1) is 12.9. The molecule has 7 heteroatoms. The van der Waals surface area contributed by atoms with E-state index in [0.717, 1.165) is 42.9 Å². The van der Waals surface area contributed by atoms with E-state index in [0.29, 0.717) is 11.0 Å². The smallest absolute Gasteiger partial charge is 0.342 e. The lowest BCUT2D eigenvalue weighted by molar-refractivity contribution is 0.343. The Labute approximate surface area is 157 Å². The Balaban J connectivity index is 2.15. The summed E-state index contributed by atoms with van der Waals surface area (Å²) in [6.07, 6.45) is 4.76. The molecule has 2 aromatic rings. The summed E-state index contributed by atoms with van der Waals surface area (Å²) in [5, 5.41) is -0.00627. The summed E-state index contributed by atoms with van der Waals surface area (Å²) in [7, 11) is -4.21. The molecule has 0 bridgehead atoms. The second kappa shape index (κ2) is 7.79. The molecular weight excluding hydrogens is 366 g/mol. The quantitative estimate of drug-likeness (QED) is 0.350. The third-order valence-electron chi connectivity index (χ3n) is 4.12. The predicted molar refractivity (Wildman–Crippen MR) is 102 cm³/mol. The Kier molecular flexibility index (Phi) is 5.46. The minimum atomic E-state index is -4.21. The minimum absolute atomic E-state index is 0.0198. The van der Waals surface area contributed by atoms with Crippen LogP contribution in [-0.4, -0.2) is 15.0 Å². The van der Waals surface area contributed by atoms with Gasteiger partial charge in [-0.15, -0.1) is 0 Å². The number of hydrogen-bond acceptors (Lipinski definition) is 5. The second-order valence-corrected chi connectivity index (χ2v) is 7.56. The van der Waals surface area contributed by atoms with Crippen molar-refractivity contribution in [3.63, 3.8) is 0 Å². The van der Waals surface area contributed by atoms with Crippen molar-refractivity contribution in [2.45, 2.75) is 32.6 Å². The molecule has 0 fully saturated rings. The van der Waals surface area contributed by atoms with Crippen LogP contribution in [0.1, 0.15) is 42.9 Å². The van der Waals surface area contributed by atoms with Gasteiger partial charge in [-0.25, -0.2) is 18.1 Å². The van der Waals surface area contributed by atoms with E-state index in [-0.39, 0.29) is 12.2 Å². The maximum absolute atomic E-state index is 12.3. The number of hydrogen-bond donors (Lipinski definition) is 0. The molecule has 27 heavy (non-hydrogen) atoms. The third kappa shape index (κ3) is 4.11. The topological polar surface area (TPSA) is 77.9 Å². The van der Waals surface area contributed by atoms with Crippen molar-refractivity contribution in [1.29, 1.82) is 0 Å². The fourth-order valence-electron chi connectivity index (χ4n) is 2.85. The van der Waals surface area contributed by atoms with Crippen LogP contribution in [0.25, 0.3) is 21.9 Å². The Morgan fingerprint density at radius 3 is 2.93 bits per heavy atom. The monoisotopic (exact) mass is 383 g/mol. The van der Waals surface area contributed by atoms with E-state index in [2.05, 4.69) is 20.9 Å². The van der Waals surface area contributed by atoms with Gasteiger partial charge in [-0.2, -0.15) is 0 Å². The van der Waals surface area contributed by atoms with Crippen molar-refractivity contribution in [2.24, 2.45) is 0 Å². The van der Waals surface area contributed by atoms with Crippen molar-refractivity contribution in [3.8, 4) is 11.8 Å². The molecule has 3 rings (SSSR count). The van der Waals surface area contributed by atoms with E-state index in [1.807, 2.05) is 6.07 Å². The summed E-state index contributed by atoms with van der Waals surface area (Å²) in [6.45, 7) is 8.49. The highest BCUT2D eigenvalue weighted by atomic mass is 32.2. The standard InChI is InChI=1S/C20H17NO5S/c1-3-25-27(23,24)19(21-2)13-17-11-16-10-14-8-6-4-5-7-9-15(14)12-18(16)26-20(17)22/h10-13H,3-6,8H2,1H3/b19-13-. The fourth-order valence-corrected chi connectivity index (χ4v) is 3.66. The van der Waals surface area contributed by atoms with Crippen LogP contribution in [-0.2, 0) is 20.7 Å². The Morgan fingerprint density at radius 2 is 2.19 bits per heavy atom. The molecule has 1 aliphatic carbocycles. The Morgan fingerprint density at radius 1 is 1.37 bits per heavy atom. The SMILES string of the molecule is [C-]#[N+]/C(=C/c1cc2cc3c(cc2oc1=O)C#CCCCC3)S(=O)(=O)OCC. The molecule has 0 aliphatic heterocycles. The lowest BCUT2D eigenvalue weighted by Crippen LogP contribution is -2.09. The molecule has 0 saturated carbocycles. The zero-order valence-corrected chi connectivity index (χ0v) is 15.6. The average molecular weight is 383 g/mol. The highest BCUT2D eigenvalue weighted by molar-refractivity contribution is 7.91. The molecule has 1 heterocycles. The van der Waals surface area contributed by atoms with Gasteiger partial charge >= 0.3 is 20.8 Å². The van der Waals surface area contributed by atoms with Gasteiger partial charge in [0.05, 0.1) is 18.7 Å². The summed E-state index contributed by atoms with van der Waals surface area (Å²) < 4.78 is 33.9. The normalized spacial score (nSPS) is 14.4. The van der Waals surface area contributed by atoms with Crippen LogP contribution in [0.5, 0.6) is 0 Å². The molecule has 138 valence electrons. The number of fused-ring (bicyclic) bond motifs is 2. The van der Waals surface area contributed by atoms with Crippen molar-refractivity contribution < 1.29 is 17.0 Å². The molecule has 1 aromatic carbocycles. The van der Waals surface area contributed by atoms with Gasteiger partial charge in [0, 0.05) is 17.4 Å². The average Bonchev–Trinajstić information content (AvgIpc) is 2.60. The molecule has 0 unspecified atom stereocenters. The molecule has 0 radical (unpaired) electrons. The molecule has 0 saturated heterocycles. The Bertz CT molecular complexity index is 1190. The number of nitrogens with zero attached hydrogens (tertiary/aromatic N) is 1. The van der Waals surface area contributed by atoms with Crippen LogP contribution >= 0.6 is 0 Å². The van der Waals surface area contributed by atoms with E-state index in [9.17, 15) is 13.2 Å². The van der Waals surface area contributed by atoms with Crippen molar-refractivity contribution in [2.75, 3.05) is 6.61 Å². The molecule has 0 atom stereocenters. The van der Waals surface area contributed by atoms with Gasteiger partial charge in [0.15, 0.2) is 0 Å². The van der Waals surface area contributed by atoms with E-state index >= 15 is 0 Å². The number of aryl methyl sites for hydroxylation is 1. The summed E-state index contributed by atoms with van der Waals surface area (Å²) in [4.78, 5) is 15.3. The molecule has 1 aromatic heterocycles. The van der Waals surface area contributed by atoms with Gasteiger partial charge in [0.25, 0.3) is 0 Å². The highest BCUT2D eigenvalue weighted by Crippen LogP contribution is 2.24. The van der Waals surface area contributed by atoms with Gasteiger partial charge in [-0.05, 0) is 56.0 Å².